The molecular formula is C27H21ClN2O3S2. The Bertz CT molecular complexity index is 1360. The van der Waals surface area contributed by atoms with Gasteiger partial charge in [-0.3, -0.25) is 13.9 Å². The van der Waals surface area contributed by atoms with E-state index < -0.39 is 17.4 Å². The zero-order valence-electron chi connectivity index (χ0n) is 18.5. The van der Waals surface area contributed by atoms with E-state index in [-0.39, 0.29) is 12.2 Å². The van der Waals surface area contributed by atoms with E-state index in [1.807, 2.05) is 53.2 Å². The van der Waals surface area contributed by atoms with Crippen molar-refractivity contribution in [1.82, 2.24) is 9.29 Å². The quantitative estimate of drug-likeness (QED) is 0.248. The molecule has 1 amide bonds. The van der Waals surface area contributed by atoms with Crippen LogP contribution in [0.1, 0.15) is 34.7 Å². The number of pyridine rings is 1. The van der Waals surface area contributed by atoms with Crippen LogP contribution in [0.3, 0.4) is 0 Å². The lowest BCUT2D eigenvalue weighted by atomic mass is 9.75. The molecule has 0 bridgehead atoms. The molecule has 1 aliphatic rings. The highest BCUT2D eigenvalue weighted by Gasteiger charge is 2.53. The summed E-state index contributed by atoms with van der Waals surface area (Å²) in [5, 5.41) is 4.20. The standard InChI is InChI=1S/C27H21ClN2O3S2/c28-21-10-5-4-9-20(21)25-22(31)15-27(30(34)26(25)32,19-13-14-35-17-19)23-11-6-12-24(29-23)33-16-18-7-2-1-3-8-18/h1-14,17,25,34H,15-16H2. The third-order valence-electron chi connectivity index (χ3n) is 6.16. The number of carbonyl (C=O) groups is 2. The second-order valence-corrected chi connectivity index (χ2v) is 9.84. The molecule has 2 atom stereocenters. The molecule has 0 saturated carbocycles. The van der Waals surface area contributed by atoms with Crippen LogP contribution in [-0.2, 0) is 21.7 Å². The molecule has 5 nitrogen and oxygen atoms in total. The summed E-state index contributed by atoms with van der Waals surface area (Å²) in [5.74, 6) is -1.31. The largest absolute Gasteiger partial charge is 0.473 e. The van der Waals surface area contributed by atoms with Crippen LogP contribution >= 0.6 is 35.8 Å². The Balaban J connectivity index is 1.54. The van der Waals surface area contributed by atoms with Gasteiger partial charge >= 0.3 is 0 Å². The molecule has 1 fully saturated rings. The minimum absolute atomic E-state index is 0.00397. The number of hydrogen-bond acceptors (Lipinski definition) is 6. The fourth-order valence-corrected chi connectivity index (χ4v) is 5.79. The topological polar surface area (TPSA) is 59.5 Å². The number of nitrogens with zero attached hydrogens (tertiary/aromatic N) is 2. The molecule has 2 aromatic heterocycles. The molecule has 35 heavy (non-hydrogen) atoms. The van der Waals surface area contributed by atoms with Gasteiger partial charge in [-0.15, -0.1) is 0 Å². The average Bonchev–Trinajstić information content (AvgIpc) is 3.42. The monoisotopic (exact) mass is 520 g/mol. The summed E-state index contributed by atoms with van der Waals surface area (Å²) in [6.07, 6.45) is 0.00397. The van der Waals surface area contributed by atoms with Gasteiger partial charge in [0.05, 0.1) is 5.69 Å². The van der Waals surface area contributed by atoms with E-state index in [0.29, 0.717) is 28.8 Å². The fraction of sp³-hybridized carbons (Fsp3) is 0.148. The predicted octanol–water partition coefficient (Wildman–Crippen LogP) is 6.05. The fourth-order valence-electron chi connectivity index (χ4n) is 4.42. The van der Waals surface area contributed by atoms with Gasteiger partial charge in [-0.2, -0.15) is 11.3 Å². The number of hydrogen-bond donors (Lipinski definition) is 1. The number of carbonyl (C=O) groups excluding carboxylic acids is 2. The second kappa shape index (κ2) is 9.85. The molecule has 2 unspecified atom stereocenters. The molecule has 0 radical (unpaired) electrons. The summed E-state index contributed by atoms with van der Waals surface area (Å²) in [7, 11) is 0. The highest BCUT2D eigenvalue weighted by molar-refractivity contribution is 7.78. The number of ether oxygens (including phenoxy) is 1. The molecule has 0 N–H and O–H groups in total. The number of amides is 1. The first-order chi connectivity index (χ1) is 17.0. The first kappa shape index (κ1) is 23.6. The number of thiophene rings is 1. The normalized spacial score (nSPS) is 20.2. The lowest BCUT2D eigenvalue weighted by Gasteiger charge is -2.45. The average molecular weight is 521 g/mol. The van der Waals surface area contributed by atoms with Crippen LogP contribution in [0.2, 0.25) is 5.02 Å². The molecule has 1 saturated heterocycles. The van der Waals surface area contributed by atoms with Crippen molar-refractivity contribution in [2.45, 2.75) is 24.5 Å². The van der Waals surface area contributed by atoms with Gasteiger partial charge in [0, 0.05) is 17.5 Å². The molecule has 2 aromatic carbocycles. The van der Waals surface area contributed by atoms with Crippen LogP contribution in [0.15, 0.2) is 89.6 Å². The smallest absolute Gasteiger partial charge is 0.248 e. The van der Waals surface area contributed by atoms with Crippen LogP contribution in [0.5, 0.6) is 5.88 Å². The summed E-state index contributed by atoms with van der Waals surface area (Å²) >= 11 is 12.5. The molecule has 1 aliphatic heterocycles. The van der Waals surface area contributed by atoms with Gasteiger partial charge in [-0.05, 0) is 45.6 Å². The maximum absolute atomic E-state index is 13.7. The Morgan fingerprint density at radius 3 is 2.54 bits per heavy atom. The Morgan fingerprint density at radius 1 is 1.03 bits per heavy atom. The summed E-state index contributed by atoms with van der Waals surface area (Å²) in [4.78, 5) is 32.0. The zero-order chi connectivity index (χ0) is 24.4. The van der Waals surface area contributed by atoms with Gasteiger partial charge in [0.25, 0.3) is 0 Å². The molecule has 0 spiro atoms. The van der Waals surface area contributed by atoms with Crippen LogP contribution in [-0.4, -0.2) is 21.0 Å². The molecule has 176 valence electrons. The van der Waals surface area contributed by atoms with E-state index in [2.05, 4.69) is 12.8 Å². The molecular weight excluding hydrogens is 500 g/mol. The number of Topliss-reactive ketones (excluding diaryl/α,β-unsaturated/α-hetero) is 1. The molecule has 8 heteroatoms. The van der Waals surface area contributed by atoms with Crippen LogP contribution in [0.4, 0.5) is 0 Å². The van der Waals surface area contributed by atoms with Crippen LogP contribution < -0.4 is 4.74 Å². The number of rotatable bonds is 6. The third kappa shape index (κ3) is 4.35. The van der Waals surface area contributed by atoms with Crippen LogP contribution in [0.25, 0.3) is 0 Å². The van der Waals surface area contributed by atoms with E-state index in [9.17, 15) is 9.59 Å². The number of piperidine rings is 1. The van der Waals surface area contributed by atoms with E-state index in [4.69, 9.17) is 21.3 Å². The van der Waals surface area contributed by atoms with Crippen molar-refractivity contribution >= 4 is 47.4 Å². The molecule has 0 aliphatic carbocycles. The summed E-state index contributed by atoms with van der Waals surface area (Å²) < 4.78 is 7.28. The van der Waals surface area contributed by atoms with Crippen molar-refractivity contribution < 1.29 is 14.3 Å². The highest BCUT2D eigenvalue weighted by atomic mass is 35.5. The van der Waals surface area contributed by atoms with Gasteiger partial charge in [-0.1, -0.05) is 79.0 Å². The SMILES string of the molecule is O=C1CC(c2ccsc2)(c2cccc(OCc3ccccc3)n2)N(S)C(=O)C1c1ccccc1Cl. The van der Waals surface area contributed by atoms with Crippen molar-refractivity contribution in [3.63, 3.8) is 0 Å². The third-order valence-corrected chi connectivity index (χ3v) is 7.73. The lowest BCUT2D eigenvalue weighted by Crippen LogP contribution is -2.54. The zero-order valence-corrected chi connectivity index (χ0v) is 21.0. The lowest BCUT2D eigenvalue weighted by molar-refractivity contribution is -0.142. The van der Waals surface area contributed by atoms with Crippen molar-refractivity contribution in [3.8, 4) is 5.88 Å². The predicted molar refractivity (Wildman–Crippen MR) is 140 cm³/mol. The number of benzene rings is 2. The molecule has 4 aromatic rings. The van der Waals surface area contributed by atoms with Gasteiger partial charge in [0.15, 0.2) is 5.78 Å². The number of ketones is 1. The highest BCUT2D eigenvalue weighted by Crippen LogP contribution is 2.48. The maximum atomic E-state index is 13.7. The van der Waals surface area contributed by atoms with Crippen molar-refractivity contribution in [2.24, 2.45) is 0 Å². The first-order valence-electron chi connectivity index (χ1n) is 11.0. The molecule has 5 rings (SSSR count). The minimum atomic E-state index is -1.18. The Kier molecular flexibility index (Phi) is 6.65. The second-order valence-electron chi connectivity index (χ2n) is 8.26. The number of halogens is 1. The number of thiol groups is 1. The van der Waals surface area contributed by atoms with Gasteiger partial charge in [-0.25, -0.2) is 4.98 Å². The Morgan fingerprint density at radius 2 is 1.80 bits per heavy atom. The van der Waals surface area contributed by atoms with E-state index >= 15 is 0 Å². The number of aromatic nitrogens is 1. The van der Waals surface area contributed by atoms with E-state index in [0.717, 1.165) is 11.1 Å². The molecule has 3 heterocycles. The van der Waals surface area contributed by atoms with Crippen LogP contribution in [0, 0.1) is 0 Å². The van der Waals surface area contributed by atoms with Gasteiger partial charge < -0.3 is 4.74 Å². The Hall–Kier alpha value is -3.13. The van der Waals surface area contributed by atoms with Crippen molar-refractivity contribution in [2.75, 3.05) is 0 Å². The van der Waals surface area contributed by atoms with Crippen molar-refractivity contribution in [3.05, 3.63) is 117 Å². The minimum Gasteiger partial charge on any atom is -0.473 e. The van der Waals surface area contributed by atoms with Crippen molar-refractivity contribution in [1.29, 1.82) is 0 Å². The van der Waals surface area contributed by atoms with E-state index in [1.54, 1.807) is 36.4 Å². The van der Waals surface area contributed by atoms with Gasteiger partial charge in [0.2, 0.25) is 11.8 Å². The summed E-state index contributed by atoms with van der Waals surface area (Å²) in [6.45, 7) is 0.347. The summed E-state index contributed by atoms with van der Waals surface area (Å²) in [6, 6.07) is 24.0. The van der Waals surface area contributed by atoms with Gasteiger partial charge in [0.1, 0.15) is 18.1 Å². The van der Waals surface area contributed by atoms with E-state index in [1.165, 1.54) is 15.6 Å². The Labute approximate surface area is 217 Å². The summed E-state index contributed by atoms with van der Waals surface area (Å²) in [5.41, 5.74) is 1.59. The first-order valence-corrected chi connectivity index (χ1v) is 12.7. The maximum Gasteiger partial charge on any atom is 0.248 e.